The molecule has 0 radical (unpaired) electrons. The van der Waals surface area contributed by atoms with E-state index in [1.165, 1.54) is 12.1 Å². The van der Waals surface area contributed by atoms with Crippen LogP contribution in [-0.2, 0) is 11.4 Å². The lowest BCUT2D eigenvalue weighted by atomic mass is 10.1. The van der Waals surface area contributed by atoms with E-state index in [-0.39, 0.29) is 17.5 Å². The predicted molar refractivity (Wildman–Crippen MR) is 119 cm³/mol. The summed E-state index contributed by atoms with van der Waals surface area (Å²) >= 11 is 0.868. The Morgan fingerprint density at radius 2 is 1.71 bits per heavy atom. The van der Waals surface area contributed by atoms with Gasteiger partial charge in [-0.15, -0.1) is 0 Å². The van der Waals surface area contributed by atoms with Crippen molar-refractivity contribution in [2.45, 2.75) is 6.61 Å². The number of non-ortho nitro benzene ring substituents is 1. The SMILES string of the molecule is O=C1S/C(=C/c2ccccc2OCc2cccc([N+](=O)[O-])c2)C(=O)N1c1ccccc1. The fraction of sp³-hybridized carbons (Fsp3) is 0.0435. The quantitative estimate of drug-likeness (QED) is 0.294. The minimum atomic E-state index is -0.458. The number of benzene rings is 3. The van der Waals surface area contributed by atoms with Gasteiger partial charge < -0.3 is 4.74 Å². The van der Waals surface area contributed by atoms with Crippen LogP contribution in [0.4, 0.5) is 16.2 Å². The molecule has 1 aliphatic heterocycles. The van der Waals surface area contributed by atoms with Crippen molar-refractivity contribution in [3.05, 3.63) is 105 Å². The average Bonchev–Trinajstić information content (AvgIpc) is 3.06. The maximum Gasteiger partial charge on any atom is 0.298 e. The van der Waals surface area contributed by atoms with Gasteiger partial charge in [0.2, 0.25) is 0 Å². The summed E-state index contributed by atoms with van der Waals surface area (Å²) in [5, 5.41) is 10.6. The van der Waals surface area contributed by atoms with E-state index < -0.39 is 10.8 Å². The molecule has 1 aliphatic rings. The van der Waals surface area contributed by atoms with Gasteiger partial charge in [0.05, 0.1) is 15.5 Å². The summed E-state index contributed by atoms with van der Waals surface area (Å²) in [6, 6.07) is 22.1. The molecule has 0 aliphatic carbocycles. The summed E-state index contributed by atoms with van der Waals surface area (Å²) in [4.78, 5) is 37.2. The standard InChI is InChI=1S/C23H16N2O5S/c26-22-21(31-23(27)24(22)18-9-2-1-3-10-18)14-17-8-4-5-12-20(17)30-15-16-7-6-11-19(13-16)25(28)29/h1-14H,15H2/b21-14+. The van der Waals surface area contributed by atoms with Gasteiger partial charge in [-0.1, -0.05) is 48.5 Å². The zero-order chi connectivity index (χ0) is 21.8. The van der Waals surface area contributed by atoms with Crippen LogP contribution in [0.3, 0.4) is 0 Å². The van der Waals surface area contributed by atoms with Crippen LogP contribution in [0.1, 0.15) is 11.1 Å². The second kappa shape index (κ2) is 8.85. The zero-order valence-corrected chi connectivity index (χ0v) is 17.0. The number of anilines is 1. The van der Waals surface area contributed by atoms with Gasteiger partial charge >= 0.3 is 0 Å². The number of imide groups is 1. The van der Waals surface area contributed by atoms with E-state index in [4.69, 9.17) is 4.74 Å². The van der Waals surface area contributed by atoms with Crippen molar-refractivity contribution < 1.29 is 19.2 Å². The Morgan fingerprint density at radius 1 is 0.968 bits per heavy atom. The molecule has 1 fully saturated rings. The molecule has 0 aromatic heterocycles. The predicted octanol–water partition coefficient (Wildman–Crippen LogP) is 5.41. The molecule has 8 heteroatoms. The highest BCUT2D eigenvalue weighted by molar-refractivity contribution is 8.19. The van der Waals surface area contributed by atoms with Crippen molar-refractivity contribution in [3.63, 3.8) is 0 Å². The smallest absolute Gasteiger partial charge is 0.298 e. The Balaban J connectivity index is 1.56. The number of carbonyl (C=O) groups excluding carboxylic acids is 2. The monoisotopic (exact) mass is 432 g/mol. The number of nitrogens with zero attached hydrogens (tertiary/aromatic N) is 2. The van der Waals surface area contributed by atoms with Crippen molar-refractivity contribution in [1.82, 2.24) is 0 Å². The molecule has 0 spiro atoms. The normalized spacial score (nSPS) is 14.8. The molecule has 7 nitrogen and oxygen atoms in total. The van der Waals surface area contributed by atoms with Gasteiger partial charge in [-0.2, -0.15) is 0 Å². The van der Waals surface area contributed by atoms with Gasteiger partial charge in [-0.25, -0.2) is 4.90 Å². The van der Waals surface area contributed by atoms with Gasteiger partial charge in [-0.3, -0.25) is 19.7 Å². The number of carbonyl (C=O) groups is 2. The summed E-state index contributed by atoms with van der Waals surface area (Å²) in [5.41, 5.74) is 1.78. The first-order valence-electron chi connectivity index (χ1n) is 9.31. The minimum Gasteiger partial charge on any atom is -0.488 e. The van der Waals surface area contributed by atoms with Crippen molar-refractivity contribution in [1.29, 1.82) is 0 Å². The lowest BCUT2D eigenvalue weighted by Gasteiger charge is -2.12. The number of nitro benzene ring substituents is 1. The average molecular weight is 432 g/mol. The number of ether oxygens (including phenoxy) is 1. The number of hydrogen-bond donors (Lipinski definition) is 0. The van der Waals surface area contributed by atoms with Crippen LogP contribution in [0.15, 0.2) is 83.8 Å². The molecule has 0 saturated carbocycles. The van der Waals surface area contributed by atoms with Crippen LogP contribution in [0.5, 0.6) is 5.75 Å². The number of nitro groups is 1. The van der Waals surface area contributed by atoms with E-state index in [0.29, 0.717) is 27.5 Å². The summed E-state index contributed by atoms with van der Waals surface area (Å²) in [5.74, 6) is 0.107. The Bertz CT molecular complexity index is 1190. The van der Waals surface area contributed by atoms with Crippen molar-refractivity contribution >= 4 is 40.4 Å². The lowest BCUT2D eigenvalue weighted by molar-refractivity contribution is -0.384. The molecule has 4 rings (SSSR count). The molecule has 31 heavy (non-hydrogen) atoms. The van der Waals surface area contributed by atoms with Crippen LogP contribution >= 0.6 is 11.8 Å². The van der Waals surface area contributed by atoms with E-state index in [9.17, 15) is 19.7 Å². The fourth-order valence-corrected chi connectivity index (χ4v) is 3.89. The van der Waals surface area contributed by atoms with Crippen molar-refractivity contribution in [3.8, 4) is 5.75 Å². The number of amides is 2. The molecular weight excluding hydrogens is 416 g/mol. The molecule has 3 aromatic carbocycles. The third-order valence-electron chi connectivity index (χ3n) is 4.53. The fourth-order valence-electron chi connectivity index (χ4n) is 3.06. The van der Waals surface area contributed by atoms with Gasteiger partial charge in [0.1, 0.15) is 12.4 Å². The Kier molecular flexibility index (Phi) is 5.81. The van der Waals surface area contributed by atoms with Crippen LogP contribution in [0.25, 0.3) is 6.08 Å². The van der Waals surface area contributed by atoms with Gasteiger partial charge in [-0.05, 0) is 41.6 Å². The maximum absolute atomic E-state index is 12.8. The molecule has 0 unspecified atom stereocenters. The molecule has 3 aromatic rings. The third-order valence-corrected chi connectivity index (χ3v) is 5.40. The summed E-state index contributed by atoms with van der Waals surface area (Å²) < 4.78 is 5.86. The molecular formula is C23H16N2O5S. The third kappa shape index (κ3) is 4.49. The molecule has 0 N–H and O–H groups in total. The summed E-state index contributed by atoms with van der Waals surface area (Å²) in [6.07, 6.45) is 1.62. The lowest BCUT2D eigenvalue weighted by Crippen LogP contribution is -2.27. The topological polar surface area (TPSA) is 89.7 Å². The van der Waals surface area contributed by atoms with Crippen LogP contribution < -0.4 is 9.64 Å². The minimum absolute atomic E-state index is 0.0102. The molecule has 154 valence electrons. The first kappa shape index (κ1) is 20.4. The van der Waals surface area contributed by atoms with Crippen molar-refractivity contribution in [2.24, 2.45) is 0 Å². The molecule has 1 saturated heterocycles. The van der Waals surface area contributed by atoms with Gasteiger partial charge in [0.25, 0.3) is 16.8 Å². The Hall–Kier alpha value is -3.91. The highest BCUT2D eigenvalue weighted by Gasteiger charge is 2.36. The first-order chi connectivity index (χ1) is 15.0. The van der Waals surface area contributed by atoms with E-state index >= 15 is 0 Å². The van der Waals surface area contributed by atoms with Crippen LogP contribution in [-0.4, -0.2) is 16.1 Å². The molecule has 2 amide bonds. The van der Waals surface area contributed by atoms with Crippen molar-refractivity contribution in [2.75, 3.05) is 4.90 Å². The largest absolute Gasteiger partial charge is 0.488 e. The van der Waals surface area contributed by atoms with E-state index in [1.54, 1.807) is 66.7 Å². The highest BCUT2D eigenvalue weighted by Crippen LogP contribution is 2.36. The second-order valence-electron chi connectivity index (χ2n) is 6.61. The van der Waals surface area contributed by atoms with Crippen LogP contribution in [0, 0.1) is 10.1 Å². The Labute approximate surface area is 182 Å². The highest BCUT2D eigenvalue weighted by atomic mass is 32.2. The first-order valence-corrected chi connectivity index (χ1v) is 10.1. The summed E-state index contributed by atoms with van der Waals surface area (Å²) in [6.45, 7) is 0.123. The van der Waals surface area contributed by atoms with Gasteiger partial charge in [0, 0.05) is 17.7 Å². The summed E-state index contributed by atoms with van der Waals surface area (Å²) in [7, 11) is 0. The zero-order valence-electron chi connectivity index (χ0n) is 16.1. The maximum atomic E-state index is 12.8. The van der Waals surface area contributed by atoms with E-state index in [1.807, 2.05) is 6.07 Å². The van der Waals surface area contributed by atoms with E-state index in [0.717, 1.165) is 16.7 Å². The number of hydrogen-bond acceptors (Lipinski definition) is 6. The number of rotatable bonds is 6. The number of thioether (sulfide) groups is 1. The van der Waals surface area contributed by atoms with Gasteiger partial charge in [0.15, 0.2) is 0 Å². The molecule has 0 atom stereocenters. The van der Waals surface area contributed by atoms with Crippen LogP contribution in [0.2, 0.25) is 0 Å². The molecule has 1 heterocycles. The van der Waals surface area contributed by atoms with E-state index in [2.05, 4.69) is 0 Å². The number of para-hydroxylation sites is 2. The Morgan fingerprint density at radius 3 is 2.48 bits per heavy atom. The molecule has 0 bridgehead atoms. The second-order valence-corrected chi connectivity index (χ2v) is 7.60.